The molecule has 0 saturated carbocycles. The summed E-state index contributed by atoms with van der Waals surface area (Å²) < 4.78 is 11.6. The van der Waals surface area contributed by atoms with E-state index in [-0.39, 0.29) is 0 Å². The Morgan fingerprint density at radius 2 is 1.91 bits per heavy atom. The van der Waals surface area contributed by atoms with Crippen LogP contribution in [0.5, 0.6) is 0 Å². The summed E-state index contributed by atoms with van der Waals surface area (Å²) in [5.74, 6) is -0.596. The summed E-state index contributed by atoms with van der Waals surface area (Å²) in [5.41, 5.74) is 2.41. The Labute approximate surface area is 193 Å². The minimum absolute atomic E-state index is 0.325. The molecule has 1 atom stereocenters. The predicted octanol–water partition coefficient (Wildman–Crippen LogP) is 5.68. The molecule has 0 aliphatic rings. The van der Waals surface area contributed by atoms with E-state index in [1.54, 1.807) is 30.6 Å². The van der Waals surface area contributed by atoms with Gasteiger partial charge in [-0.2, -0.15) is 0 Å². The van der Waals surface area contributed by atoms with Crippen LogP contribution in [0.4, 0.5) is 5.13 Å². The minimum Gasteiger partial charge on any atom is -0.449 e. The summed E-state index contributed by atoms with van der Waals surface area (Å²) >= 11 is 1.30. The van der Waals surface area contributed by atoms with Crippen LogP contribution < -0.4 is 5.32 Å². The van der Waals surface area contributed by atoms with Gasteiger partial charge in [-0.25, -0.2) is 14.8 Å². The van der Waals surface area contributed by atoms with Gasteiger partial charge in [0.05, 0.1) is 5.56 Å². The average molecular weight is 458 g/mol. The van der Waals surface area contributed by atoms with E-state index >= 15 is 0 Å². The van der Waals surface area contributed by atoms with Crippen molar-refractivity contribution >= 4 is 50.2 Å². The molecule has 0 bridgehead atoms. The number of hydrogen-bond acceptors (Lipinski definition) is 7. The highest BCUT2D eigenvalue weighted by molar-refractivity contribution is 7.13. The van der Waals surface area contributed by atoms with Crippen LogP contribution >= 0.6 is 11.3 Å². The van der Waals surface area contributed by atoms with Crippen molar-refractivity contribution in [2.45, 2.75) is 19.4 Å². The van der Waals surface area contributed by atoms with Crippen LogP contribution in [0.2, 0.25) is 0 Å². The third-order valence-electron chi connectivity index (χ3n) is 5.22. The number of nitrogens with one attached hydrogen (secondary N) is 1. The number of para-hydroxylation sites is 2. The summed E-state index contributed by atoms with van der Waals surface area (Å²) in [4.78, 5) is 34.5. The van der Waals surface area contributed by atoms with E-state index < -0.39 is 18.0 Å². The summed E-state index contributed by atoms with van der Waals surface area (Å²) in [6.45, 7) is 1.78. The number of aromatic nitrogens is 2. The van der Waals surface area contributed by atoms with Crippen molar-refractivity contribution in [2.75, 3.05) is 5.32 Å². The lowest BCUT2D eigenvalue weighted by atomic mass is 9.99. The van der Waals surface area contributed by atoms with Crippen molar-refractivity contribution in [2.24, 2.45) is 0 Å². The van der Waals surface area contributed by atoms with E-state index in [4.69, 9.17) is 9.15 Å². The second kappa shape index (κ2) is 8.84. The highest BCUT2D eigenvalue weighted by atomic mass is 32.1. The molecule has 1 unspecified atom stereocenters. The Hall–Kier alpha value is -4.04. The van der Waals surface area contributed by atoms with Crippen molar-refractivity contribution in [1.29, 1.82) is 0 Å². The molecular formula is C25H19N3O4S. The van der Waals surface area contributed by atoms with Crippen molar-refractivity contribution < 1.29 is 18.7 Å². The normalized spacial score (nSPS) is 12.0. The quantitative estimate of drug-likeness (QED) is 0.330. The highest BCUT2D eigenvalue weighted by Gasteiger charge is 2.25. The third kappa shape index (κ3) is 4.08. The molecule has 33 heavy (non-hydrogen) atoms. The molecule has 0 spiro atoms. The Bertz CT molecular complexity index is 1420. The monoisotopic (exact) mass is 457 g/mol. The molecule has 0 aliphatic heterocycles. The first kappa shape index (κ1) is 20.8. The van der Waals surface area contributed by atoms with Gasteiger partial charge in [0, 0.05) is 22.5 Å². The number of nitrogens with zero attached hydrogens (tertiary/aromatic N) is 2. The minimum atomic E-state index is -0.951. The summed E-state index contributed by atoms with van der Waals surface area (Å²) in [7, 11) is 0. The first-order valence-corrected chi connectivity index (χ1v) is 11.3. The van der Waals surface area contributed by atoms with Crippen LogP contribution in [0.25, 0.3) is 33.3 Å². The van der Waals surface area contributed by atoms with Gasteiger partial charge in [0.1, 0.15) is 5.52 Å². The van der Waals surface area contributed by atoms with Crippen molar-refractivity contribution in [3.05, 3.63) is 77.8 Å². The third-order valence-corrected chi connectivity index (χ3v) is 5.91. The second-order valence-electron chi connectivity index (χ2n) is 7.32. The van der Waals surface area contributed by atoms with Gasteiger partial charge < -0.3 is 9.15 Å². The maximum atomic E-state index is 13.2. The lowest BCUT2D eigenvalue weighted by Gasteiger charge is -2.16. The number of amides is 1. The molecule has 5 aromatic rings. The smallest absolute Gasteiger partial charge is 0.339 e. The Kier molecular flexibility index (Phi) is 5.58. The van der Waals surface area contributed by atoms with Gasteiger partial charge in [-0.15, -0.1) is 11.3 Å². The fourth-order valence-electron chi connectivity index (χ4n) is 3.66. The number of carbonyl (C=O) groups is 2. The molecule has 0 radical (unpaired) electrons. The van der Waals surface area contributed by atoms with Crippen LogP contribution in [0, 0.1) is 0 Å². The number of thiazole rings is 1. The molecule has 0 saturated heterocycles. The molecule has 1 N–H and O–H groups in total. The number of fused-ring (bicyclic) bond motifs is 2. The van der Waals surface area contributed by atoms with Gasteiger partial charge in [0.2, 0.25) is 5.89 Å². The zero-order chi connectivity index (χ0) is 22.8. The molecule has 2 aromatic heterocycles. The summed E-state index contributed by atoms with van der Waals surface area (Å²) in [6.07, 6.45) is 0.969. The van der Waals surface area contributed by atoms with Gasteiger partial charge in [0.25, 0.3) is 5.91 Å². The van der Waals surface area contributed by atoms with Crippen LogP contribution in [-0.2, 0) is 9.53 Å². The van der Waals surface area contributed by atoms with E-state index in [2.05, 4.69) is 15.3 Å². The predicted molar refractivity (Wildman–Crippen MR) is 127 cm³/mol. The van der Waals surface area contributed by atoms with Crippen LogP contribution in [0.1, 0.15) is 23.7 Å². The number of carbonyl (C=O) groups excluding carboxylic acids is 2. The maximum Gasteiger partial charge on any atom is 0.339 e. The lowest BCUT2D eigenvalue weighted by Crippen LogP contribution is -2.32. The van der Waals surface area contributed by atoms with Crippen LogP contribution in [0.15, 0.2) is 76.7 Å². The topological polar surface area (TPSA) is 94.3 Å². The average Bonchev–Trinajstić information content (AvgIpc) is 3.51. The van der Waals surface area contributed by atoms with Crippen LogP contribution in [0.3, 0.4) is 0 Å². The highest BCUT2D eigenvalue weighted by Crippen LogP contribution is 2.33. The standard InChI is InChI=1S/C25H19N3O4S/c1-2-19(22(29)28-25-26-13-14-33-25)32-24(30)17-10-6-8-15-7-5-9-16(21(15)17)23-27-18-11-3-4-12-20(18)31-23/h3-14,19H,2H2,1H3,(H,26,28,29). The number of oxazole rings is 1. The number of hydrogen-bond donors (Lipinski definition) is 1. The SMILES string of the molecule is CCC(OC(=O)c1cccc2cccc(-c3nc4ccccc4o3)c12)C(=O)Nc1nccs1. The number of benzene rings is 3. The van der Waals surface area contributed by atoms with Gasteiger partial charge in [-0.05, 0) is 36.1 Å². The first-order valence-electron chi connectivity index (χ1n) is 10.4. The zero-order valence-electron chi connectivity index (χ0n) is 17.6. The summed E-state index contributed by atoms with van der Waals surface area (Å²) in [6, 6.07) is 18.5. The molecular weight excluding hydrogens is 438 g/mol. The Morgan fingerprint density at radius 1 is 1.09 bits per heavy atom. The molecule has 8 heteroatoms. The number of anilines is 1. The molecule has 164 valence electrons. The van der Waals surface area contributed by atoms with Crippen molar-refractivity contribution in [3.8, 4) is 11.5 Å². The molecule has 3 aromatic carbocycles. The molecule has 1 amide bonds. The van der Waals surface area contributed by atoms with E-state index in [1.807, 2.05) is 48.5 Å². The number of ether oxygens (including phenoxy) is 1. The zero-order valence-corrected chi connectivity index (χ0v) is 18.5. The van der Waals surface area contributed by atoms with Crippen molar-refractivity contribution in [1.82, 2.24) is 9.97 Å². The lowest BCUT2D eigenvalue weighted by molar-refractivity contribution is -0.124. The number of rotatable bonds is 6. The maximum absolute atomic E-state index is 13.2. The van der Waals surface area contributed by atoms with Gasteiger partial charge in [-0.1, -0.05) is 43.3 Å². The van der Waals surface area contributed by atoms with E-state index in [0.29, 0.717) is 39.5 Å². The van der Waals surface area contributed by atoms with E-state index in [0.717, 1.165) is 10.9 Å². The molecule has 5 rings (SSSR count). The van der Waals surface area contributed by atoms with Gasteiger partial charge in [0.15, 0.2) is 16.8 Å². The molecule has 0 fully saturated rings. The number of esters is 1. The molecule has 2 heterocycles. The molecule has 7 nitrogen and oxygen atoms in total. The largest absolute Gasteiger partial charge is 0.449 e. The van der Waals surface area contributed by atoms with E-state index in [9.17, 15) is 9.59 Å². The Balaban J connectivity index is 1.51. The summed E-state index contributed by atoms with van der Waals surface area (Å²) in [5, 5.41) is 6.39. The van der Waals surface area contributed by atoms with E-state index in [1.165, 1.54) is 11.3 Å². The van der Waals surface area contributed by atoms with Crippen molar-refractivity contribution in [3.63, 3.8) is 0 Å². The fourth-order valence-corrected chi connectivity index (χ4v) is 4.19. The molecule has 0 aliphatic carbocycles. The van der Waals surface area contributed by atoms with Crippen LogP contribution in [-0.4, -0.2) is 27.9 Å². The second-order valence-corrected chi connectivity index (χ2v) is 8.22. The Morgan fingerprint density at radius 3 is 2.67 bits per heavy atom. The van der Waals surface area contributed by atoms with Gasteiger partial charge >= 0.3 is 5.97 Å². The first-order chi connectivity index (χ1) is 16.1. The fraction of sp³-hybridized carbons (Fsp3) is 0.120. The van der Waals surface area contributed by atoms with Gasteiger partial charge in [-0.3, -0.25) is 10.1 Å².